The second-order valence-corrected chi connectivity index (χ2v) is 17.2. The largest absolute Gasteiger partial charge is 0.458 e. The zero-order chi connectivity index (χ0) is 39.0. The van der Waals surface area contributed by atoms with E-state index in [9.17, 15) is 35.1 Å². The maximum Gasteiger partial charge on any atom is 0.338 e. The van der Waals surface area contributed by atoms with E-state index < -0.39 is 101 Å². The molecule has 300 valence electrons. The molecule has 54 heavy (non-hydrogen) atoms. The fourth-order valence-electron chi connectivity index (χ4n) is 11.3. The predicted molar refractivity (Wildman–Crippen MR) is 192 cm³/mol. The number of Topliss-reactive ketones (excluding diaryl/α,β-unsaturated/α-hetero) is 1. The van der Waals surface area contributed by atoms with Gasteiger partial charge in [0, 0.05) is 25.9 Å². The van der Waals surface area contributed by atoms with Crippen LogP contribution in [0.5, 0.6) is 0 Å². The number of aliphatic hydroxyl groups excluding tert-OH is 2. The van der Waals surface area contributed by atoms with E-state index in [1.165, 1.54) is 14.0 Å². The molecule has 0 radical (unpaired) electrons. The summed E-state index contributed by atoms with van der Waals surface area (Å²) in [5, 5.41) is 59.1. The molecule has 6 aliphatic rings. The molecule has 13 nitrogen and oxygen atoms in total. The number of hydrogen-bond acceptors (Lipinski definition) is 13. The van der Waals surface area contributed by atoms with Crippen molar-refractivity contribution in [3.05, 3.63) is 47.5 Å². The van der Waals surface area contributed by atoms with Crippen LogP contribution in [0.3, 0.4) is 0 Å². The van der Waals surface area contributed by atoms with Crippen LogP contribution >= 0.6 is 0 Å². The average Bonchev–Trinajstić information content (AvgIpc) is 3.37. The van der Waals surface area contributed by atoms with Crippen molar-refractivity contribution >= 4 is 11.8 Å². The van der Waals surface area contributed by atoms with Crippen LogP contribution in [-0.4, -0.2) is 123 Å². The topological polar surface area (TPSA) is 191 Å². The second-order valence-electron chi connectivity index (χ2n) is 17.2. The first kappa shape index (κ1) is 39.9. The van der Waals surface area contributed by atoms with E-state index in [1.807, 2.05) is 13.0 Å². The van der Waals surface area contributed by atoms with Crippen LogP contribution in [0.25, 0.3) is 0 Å². The van der Waals surface area contributed by atoms with Crippen LogP contribution in [-0.2, 0) is 33.2 Å². The minimum absolute atomic E-state index is 0.0397. The highest BCUT2D eigenvalue weighted by molar-refractivity contribution is 5.90. The van der Waals surface area contributed by atoms with Crippen molar-refractivity contribution in [3.63, 3.8) is 0 Å². The molecule has 0 aromatic heterocycles. The molecule has 2 saturated heterocycles. The summed E-state index contributed by atoms with van der Waals surface area (Å²) in [5.41, 5.74) is -6.64. The molecule has 2 heterocycles. The van der Waals surface area contributed by atoms with Crippen molar-refractivity contribution in [3.8, 4) is 0 Å². The lowest BCUT2D eigenvalue weighted by Crippen LogP contribution is -2.78. The molecule has 0 bridgehead atoms. The second kappa shape index (κ2) is 14.3. The Morgan fingerprint density at radius 1 is 0.889 bits per heavy atom. The Kier molecular flexibility index (Phi) is 10.5. The van der Waals surface area contributed by atoms with Crippen molar-refractivity contribution in [2.24, 2.45) is 16.7 Å². The standard InChI is InChI=1S/C41H58O13/c1-22-34(44)29(49-6)20-33(50-22)54-35-23(2)51-32(19-28(35)43)52-27-13-14-37(4)26(18-27)12-15-40(47)30(37)21-31(53-36(45)25-10-8-7-9-11-25)38(5)39(46,24(3)42)16-17-41(38,40)48/h7-12,22-23,27-35,43-44,46-48H,13-21H2,1-6H3. The molecule has 5 N–H and O–H groups in total. The van der Waals surface area contributed by atoms with Gasteiger partial charge in [0.05, 0.1) is 41.5 Å². The maximum absolute atomic E-state index is 13.6. The lowest BCUT2D eigenvalue weighted by molar-refractivity contribution is -0.320. The highest BCUT2D eigenvalue weighted by Crippen LogP contribution is 2.71. The number of hydrogen-bond donors (Lipinski definition) is 5. The third-order valence-corrected chi connectivity index (χ3v) is 14.6. The van der Waals surface area contributed by atoms with Crippen LogP contribution in [0.15, 0.2) is 42.0 Å². The summed E-state index contributed by atoms with van der Waals surface area (Å²) in [5.74, 6) is -1.74. The fourth-order valence-corrected chi connectivity index (χ4v) is 11.3. The number of ketones is 1. The third kappa shape index (κ3) is 6.04. The zero-order valence-corrected chi connectivity index (χ0v) is 32.2. The van der Waals surface area contributed by atoms with Crippen molar-refractivity contribution in [2.75, 3.05) is 7.11 Å². The van der Waals surface area contributed by atoms with Gasteiger partial charge in [-0.15, -0.1) is 0 Å². The van der Waals surface area contributed by atoms with Gasteiger partial charge >= 0.3 is 5.97 Å². The van der Waals surface area contributed by atoms with Crippen molar-refractivity contribution < 1.29 is 63.5 Å². The highest BCUT2D eigenvalue weighted by atomic mass is 16.7. The Balaban J connectivity index is 1.07. The van der Waals surface area contributed by atoms with E-state index in [0.717, 1.165) is 5.57 Å². The van der Waals surface area contributed by atoms with Crippen molar-refractivity contribution in [1.82, 2.24) is 0 Å². The molecule has 7 rings (SSSR count). The smallest absolute Gasteiger partial charge is 0.338 e. The average molecular weight is 759 g/mol. The summed E-state index contributed by atoms with van der Waals surface area (Å²) in [6.07, 6.45) is -2.22. The quantitative estimate of drug-likeness (QED) is 0.192. The number of esters is 1. The van der Waals surface area contributed by atoms with E-state index in [2.05, 4.69) is 6.92 Å². The number of benzene rings is 1. The lowest BCUT2D eigenvalue weighted by Gasteiger charge is -2.67. The van der Waals surface area contributed by atoms with Gasteiger partial charge in [-0.25, -0.2) is 4.79 Å². The highest BCUT2D eigenvalue weighted by Gasteiger charge is 2.81. The van der Waals surface area contributed by atoms with Gasteiger partial charge in [-0.3, -0.25) is 4.79 Å². The molecule has 0 spiro atoms. The molecule has 16 atom stereocenters. The Labute approximate surface area is 316 Å². The molecule has 16 unspecified atom stereocenters. The molecule has 4 aliphatic carbocycles. The molecule has 2 aliphatic heterocycles. The summed E-state index contributed by atoms with van der Waals surface area (Å²) < 4.78 is 36.4. The molecule has 3 saturated carbocycles. The van der Waals surface area contributed by atoms with Gasteiger partial charge in [-0.2, -0.15) is 0 Å². The van der Waals surface area contributed by atoms with E-state index in [-0.39, 0.29) is 38.2 Å². The molecule has 1 aromatic rings. The number of carbonyl (C=O) groups is 2. The zero-order valence-electron chi connectivity index (χ0n) is 32.2. The summed E-state index contributed by atoms with van der Waals surface area (Å²) in [6.45, 7) is 8.51. The van der Waals surface area contributed by atoms with Crippen LogP contribution in [0.1, 0.15) is 103 Å². The van der Waals surface area contributed by atoms with Gasteiger partial charge in [0.1, 0.15) is 35.1 Å². The van der Waals surface area contributed by atoms with Crippen LogP contribution in [0.2, 0.25) is 0 Å². The van der Waals surface area contributed by atoms with E-state index in [4.69, 9.17) is 28.4 Å². The Hall–Kier alpha value is -2.30. The number of aliphatic hydroxyl groups is 5. The molecular formula is C41H58O13. The fraction of sp³-hybridized carbons (Fsp3) is 0.756. The summed E-state index contributed by atoms with van der Waals surface area (Å²) in [4.78, 5) is 26.7. The summed E-state index contributed by atoms with van der Waals surface area (Å²) in [6, 6.07) is 8.48. The minimum atomic E-state index is -2.02. The number of rotatable bonds is 8. The molecular weight excluding hydrogens is 700 g/mol. The molecule has 5 fully saturated rings. The summed E-state index contributed by atoms with van der Waals surface area (Å²) in [7, 11) is 1.53. The molecule has 13 heteroatoms. The van der Waals surface area contributed by atoms with Gasteiger partial charge < -0.3 is 54.0 Å². The third-order valence-electron chi connectivity index (χ3n) is 14.6. The first-order chi connectivity index (χ1) is 25.4. The molecule has 0 amide bonds. The number of ether oxygens (including phenoxy) is 6. The van der Waals surface area contributed by atoms with Crippen LogP contribution in [0, 0.1) is 16.7 Å². The van der Waals surface area contributed by atoms with E-state index in [0.29, 0.717) is 31.2 Å². The first-order valence-electron chi connectivity index (χ1n) is 19.6. The Bertz CT molecular complexity index is 1590. The number of methoxy groups -OCH3 is 1. The van der Waals surface area contributed by atoms with Crippen molar-refractivity contribution in [2.45, 2.75) is 171 Å². The normalized spacial score (nSPS) is 48.9. The van der Waals surface area contributed by atoms with Gasteiger partial charge in [-0.05, 0) is 90.2 Å². The Morgan fingerprint density at radius 3 is 2.24 bits per heavy atom. The monoisotopic (exact) mass is 758 g/mol. The minimum Gasteiger partial charge on any atom is -0.458 e. The number of carbonyl (C=O) groups excluding carboxylic acids is 2. The first-order valence-corrected chi connectivity index (χ1v) is 19.6. The maximum atomic E-state index is 13.6. The lowest BCUT2D eigenvalue weighted by atomic mass is 9.42. The van der Waals surface area contributed by atoms with Gasteiger partial charge in [0.2, 0.25) is 0 Å². The van der Waals surface area contributed by atoms with Crippen LogP contribution < -0.4 is 0 Å². The van der Waals surface area contributed by atoms with E-state index in [1.54, 1.807) is 44.2 Å². The van der Waals surface area contributed by atoms with Gasteiger partial charge in [-0.1, -0.05) is 36.8 Å². The van der Waals surface area contributed by atoms with Crippen LogP contribution in [0.4, 0.5) is 0 Å². The Morgan fingerprint density at radius 2 is 1.57 bits per heavy atom. The van der Waals surface area contributed by atoms with Gasteiger partial charge in [0.15, 0.2) is 18.4 Å². The summed E-state index contributed by atoms with van der Waals surface area (Å²) >= 11 is 0. The van der Waals surface area contributed by atoms with Crippen molar-refractivity contribution in [1.29, 1.82) is 0 Å². The van der Waals surface area contributed by atoms with Gasteiger partial charge in [0.25, 0.3) is 0 Å². The SMILES string of the molecule is COC1CC(OC2C(O)CC(OC3CCC4(C)C(=CCC5(O)C4CC(OC(=O)c4ccccc4)C4(C)C(O)(C(C)=O)CCC54O)C3)OC2C)OC(C)C1O. The molecule has 1 aromatic carbocycles. The number of fused-ring (bicyclic) bond motifs is 5. The predicted octanol–water partition coefficient (Wildman–Crippen LogP) is 3.11. The van der Waals surface area contributed by atoms with E-state index >= 15 is 0 Å².